The molecule has 0 unspecified atom stereocenters. The van der Waals surface area contributed by atoms with Crippen molar-refractivity contribution in [1.29, 1.82) is 0 Å². The number of benzene rings is 1. The van der Waals surface area contributed by atoms with Gasteiger partial charge in [0.2, 0.25) is 5.89 Å². The maximum atomic E-state index is 12.2. The van der Waals surface area contributed by atoms with Crippen molar-refractivity contribution in [2.75, 3.05) is 5.32 Å². The van der Waals surface area contributed by atoms with E-state index in [9.17, 15) is 18.0 Å². The topological polar surface area (TPSA) is 68.0 Å². The lowest BCUT2D eigenvalue weighted by Crippen LogP contribution is -2.12. The number of thioether (sulfide) groups is 1. The molecule has 0 bridgehead atoms. The number of aryl methyl sites for hydroxylation is 1. The smallest absolute Gasteiger partial charge is 0.408 e. The number of anilines is 1. The first-order chi connectivity index (χ1) is 9.87. The van der Waals surface area contributed by atoms with Gasteiger partial charge in [0.25, 0.3) is 5.91 Å². The van der Waals surface area contributed by atoms with E-state index in [1.165, 1.54) is 24.3 Å². The third-order valence-corrected chi connectivity index (χ3v) is 3.08. The molecule has 0 radical (unpaired) electrons. The van der Waals surface area contributed by atoms with Crippen LogP contribution < -0.4 is 5.32 Å². The molecule has 21 heavy (non-hydrogen) atoms. The molecule has 0 fully saturated rings. The van der Waals surface area contributed by atoms with Crippen LogP contribution in [0.5, 0.6) is 0 Å². The molecular weight excluding hydrogens is 307 g/mol. The van der Waals surface area contributed by atoms with Crippen LogP contribution in [0.3, 0.4) is 0 Å². The zero-order valence-corrected chi connectivity index (χ0v) is 11.6. The number of hydrogen-bond acceptors (Lipinski definition) is 5. The van der Waals surface area contributed by atoms with E-state index in [0.717, 1.165) is 0 Å². The summed E-state index contributed by atoms with van der Waals surface area (Å²) in [6.45, 7) is 1.82. The molecule has 0 atom stereocenters. The normalized spacial score (nSPS) is 11.4. The second-order valence-corrected chi connectivity index (χ2v) is 5.02. The largest absolute Gasteiger partial charge is 0.446 e. The number of nitrogens with zero attached hydrogens (tertiary/aromatic N) is 2. The van der Waals surface area contributed by atoms with Gasteiger partial charge < -0.3 is 4.42 Å². The van der Waals surface area contributed by atoms with Crippen molar-refractivity contribution in [3.05, 3.63) is 35.7 Å². The first-order valence-electron chi connectivity index (χ1n) is 5.87. The third kappa shape index (κ3) is 4.48. The van der Waals surface area contributed by atoms with Gasteiger partial charge in [-0.05, 0) is 36.0 Å². The average molecular weight is 317 g/mol. The number of amides is 1. The second-order valence-electron chi connectivity index (χ2n) is 3.88. The van der Waals surface area contributed by atoms with Gasteiger partial charge in [-0.15, -0.1) is 5.10 Å². The fourth-order valence-electron chi connectivity index (χ4n) is 1.42. The van der Waals surface area contributed by atoms with Gasteiger partial charge in [-0.2, -0.15) is 13.2 Å². The third-order valence-electron chi connectivity index (χ3n) is 2.34. The van der Waals surface area contributed by atoms with E-state index in [1.54, 1.807) is 0 Å². The summed E-state index contributed by atoms with van der Waals surface area (Å²) in [5.74, 6) is -0.160. The Hall–Kier alpha value is -2.03. The molecule has 1 heterocycles. The highest BCUT2D eigenvalue weighted by Gasteiger charge is 2.29. The predicted molar refractivity (Wildman–Crippen MR) is 70.0 cm³/mol. The molecule has 0 aliphatic carbocycles. The number of alkyl halides is 3. The SMILES string of the molecule is CCc1nnc(NC(=O)c2ccc(SC(F)(F)F)cc2)o1. The number of nitrogens with one attached hydrogen (secondary N) is 1. The lowest BCUT2D eigenvalue weighted by atomic mass is 10.2. The minimum Gasteiger partial charge on any atom is -0.408 e. The zero-order chi connectivity index (χ0) is 15.5. The van der Waals surface area contributed by atoms with Crippen LogP contribution in [0.1, 0.15) is 23.2 Å². The van der Waals surface area contributed by atoms with Crippen molar-refractivity contribution in [3.8, 4) is 0 Å². The van der Waals surface area contributed by atoms with Crippen molar-refractivity contribution in [1.82, 2.24) is 10.2 Å². The Morgan fingerprint density at radius 1 is 1.29 bits per heavy atom. The summed E-state index contributed by atoms with van der Waals surface area (Å²) in [6.07, 6.45) is 0.534. The van der Waals surface area contributed by atoms with Crippen molar-refractivity contribution in [2.45, 2.75) is 23.7 Å². The van der Waals surface area contributed by atoms with Gasteiger partial charge in [-0.25, -0.2) is 0 Å². The van der Waals surface area contributed by atoms with Gasteiger partial charge in [0.1, 0.15) is 0 Å². The van der Waals surface area contributed by atoms with Crippen LogP contribution in [0.2, 0.25) is 0 Å². The molecule has 2 aromatic rings. The lowest BCUT2D eigenvalue weighted by Gasteiger charge is -2.06. The van der Waals surface area contributed by atoms with Crippen LogP contribution >= 0.6 is 11.8 Å². The summed E-state index contributed by atoms with van der Waals surface area (Å²) in [5.41, 5.74) is -4.16. The molecule has 5 nitrogen and oxygen atoms in total. The predicted octanol–water partition coefficient (Wildman–Crippen LogP) is 3.50. The Morgan fingerprint density at radius 2 is 1.95 bits per heavy atom. The summed E-state index contributed by atoms with van der Waals surface area (Å²) < 4.78 is 41.6. The summed E-state index contributed by atoms with van der Waals surface area (Å²) >= 11 is -0.241. The van der Waals surface area contributed by atoms with E-state index in [0.29, 0.717) is 12.3 Å². The van der Waals surface area contributed by atoms with Gasteiger partial charge in [0.05, 0.1) is 0 Å². The van der Waals surface area contributed by atoms with E-state index < -0.39 is 11.4 Å². The molecule has 0 saturated carbocycles. The standard InChI is InChI=1S/C12H10F3N3O2S/c1-2-9-17-18-11(20-9)16-10(19)7-3-5-8(6-4-7)21-12(13,14)15/h3-6H,2H2,1H3,(H,16,18,19). The Bertz CT molecular complexity index is 625. The van der Waals surface area contributed by atoms with Crippen LogP contribution in [0.4, 0.5) is 19.2 Å². The van der Waals surface area contributed by atoms with Gasteiger partial charge in [-0.1, -0.05) is 12.0 Å². The Balaban J connectivity index is 2.02. The first kappa shape index (κ1) is 15.4. The molecule has 0 aliphatic rings. The number of rotatable bonds is 4. The number of carbonyl (C=O) groups is 1. The van der Waals surface area contributed by atoms with Crippen molar-refractivity contribution in [2.24, 2.45) is 0 Å². The molecule has 9 heteroatoms. The summed E-state index contributed by atoms with van der Waals surface area (Å²) in [6, 6.07) is 4.98. The Kier molecular flexibility index (Phi) is 4.51. The van der Waals surface area contributed by atoms with E-state index >= 15 is 0 Å². The van der Waals surface area contributed by atoms with E-state index in [4.69, 9.17) is 4.42 Å². The van der Waals surface area contributed by atoms with Crippen molar-refractivity contribution >= 4 is 23.7 Å². The van der Waals surface area contributed by atoms with Gasteiger partial charge >= 0.3 is 11.5 Å². The van der Waals surface area contributed by atoms with Crippen LogP contribution in [0.15, 0.2) is 33.6 Å². The minimum atomic E-state index is -4.36. The van der Waals surface area contributed by atoms with E-state index in [2.05, 4.69) is 15.5 Å². The van der Waals surface area contributed by atoms with Gasteiger partial charge in [0.15, 0.2) is 0 Å². The van der Waals surface area contributed by atoms with Crippen LogP contribution in [0, 0.1) is 0 Å². The van der Waals surface area contributed by atoms with Gasteiger partial charge in [0, 0.05) is 16.9 Å². The molecular formula is C12H10F3N3O2S. The lowest BCUT2D eigenvalue weighted by molar-refractivity contribution is -0.0328. The maximum absolute atomic E-state index is 12.2. The van der Waals surface area contributed by atoms with E-state index in [-0.39, 0.29) is 28.2 Å². The fraction of sp³-hybridized carbons (Fsp3) is 0.250. The fourth-order valence-corrected chi connectivity index (χ4v) is 1.96. The Morgan fingerprint density at radius 3 is 2.48 bits per heavy atom. The number of halogens is 3. The van der Waals surface area contributed by atoms with Crippen LogP contribution in [-0.4, -0.2) is 21.6 Å². The maximum Gasteiger partial charge on any atom is 0.446 e. The number of hydrogen-bond donors (Lipinski definition) is 1. The monoisotopic (exact) mass is 317 g/mol. The second kappa shape index (κ2) is 6.17. The summed E-state index contributed by atoms with van der Waals surface area (Å²) in [7, 11) is 0. The average Bonchev–Trinajstić information content (AvgIpc) is 2.85. The zero-order valence-electron chi connectivity index (χ0n) is 10.8. The Labute approximate surface area is 121 Å². The van der Waals surface area contributed by atoms with Gasteiger partial charge in [-0.3, -0.25) is 10.1 Å². The molecule has 1 N–H and O–H groups in total. The highest BCUT2D eigenvalue weighted by Crippen LogP contribution is 2.36. The quantitative estimate of drug-likeness (QED) is 0.874. The molecule has 1 amide bonds. The molecule has 112 valence electrons. The highest BCUT2D eigenvalue weighted by atomic mass is 32.2. The molecule has 1 aromatic heterocycles. The van der Waals surface area contributed by atoms with Crippen LogP contribution in [0.25, 0.3) is 0 Å². The van der Waals surface area contributed by atoms with E-state index in [1.807, 2.05) is 6.92 Å². The first-order valence-corrected chi connectivity index (χ1v) is 6.68. The minimum absolute atomic E-state index is 0.00473. The van der Waals surface area contributed by atoms with Crippen molar-refractivity contribution in [3.63, 3.8) is 0 Å². The summed E-state index contributed by atoms with van der Waals surface area (Å²) in [4.78, 5) is 11.8. The molecule has 0 saturated heterocycles. The number of aromatic nitrogens is 2. The summed E-state index contributed by atoms with van der Waals surface area (Å²) in [5, 5.41) is 9.67. The molecule has 1 aromatic carbocycles. The molecule has 0 spiro atoms. The number of carbonyl (C=O) groups excluding carboxylic acids is 1. The van der Waals surface area contributed by atoms with Crippen molar-refractivity contribution < 1.29 is 22.4 Å². The molecule has 2 rings (SSSR count). The highest BCUT2D eigenvalue weighted by molar-refractivity contribution is 8.00. The molecule has 0 aliphatic heterocycles. The van der Waals surface area contributed by atoms with Crippen LogP contribution in [-0.2, 0) is 6.42 Å².